The van der Waals surface area contributed by atoms with Crippen LogP contribution in [0.3, 0.4) is 0 Å². The molecular weight excluding hydrogens is 672 g/mol. The summed E-state index contributed by atoms with van der Waals surface area (Å²) in [6, 6.07) is 16.5. The first-order chi connectivity index (χ1) is 22.7. The van der Waals surface area contributed by atoms with Gasteiger partial charge in [-0.1, -0.05) is 61.9 Å². The molecule has 3 heterocycles. The number of imidazole rings is 2. The summed E-state index contributed by atoms with van der Waals surface area (Å²) >= 11 is 3.66. The molecule has 5 rings (SSSR count). The van der Waals surface area contributed by atoms with E-state index in [0.717, 1.165) is 69.8 Å². The third kappa shape index (κ3) is 8.86. The summed E-state index contributed by atoms with van der Waals surface area (Å²) in [5.74, 6) is 1.46. The molecule has 0 spiro atoms. The lowest BCUT2D eigenvalue weighted by molar-refractivity contribution is 0.0212. The number of H-pyrrole nitrogens is 2. The van der Waals surface area contributed by atoms with Gasteiger partial charge in [-0.05, 0) is 93.4 Å². The third-order valence-corrected chi connectivity index (χ3v) is 8.54. The second kappa shape index (κ2) is 14.6. The van der Waals surface area contributed by atoms with Gasteiger partial charge in [-0.3, -0.25) is 4.90 Å². The van der Waals surface area contributed by atoms with E-state index in [0.29, 0.717) is 25.5 Å². The standard InChI is InChI=1S/C37H47BrN6O4/c1-8-9-20-43(34(45)47-36(2,3)4)23-30-39-22-28(40-30)26-16-12-24(13-17-26)25-14-18-27(19-15-25)31-32(38)42-33(41-31)29-11-10-21-44(29)35(46)48-37(5,6)7/h12-19,22,29H,8-11,20-21,23H2,1-7H3,(H,39,40)(H,41,42)/t29-/m0/s1. The lowest BCUT2D eigenvalue weighted by atomic mass is 10.0. The zero-order chi connectivity index (χ0) is 34.6. The Hall–Kier alpha value is -4.12. The normalized spacial score (nSPS) is 15.1. The van der Waals surface area contributed by atoms with Crippen LogP contribution in [0.15, 0.2) is 59.3 Å². The van der Waals surface area contributed by atoms with E-state index < -0.39 is 11.2 Å². The smallest absolute Gasteiger partial charge is 0.410 e. The van der Waals surface area contributed by atoms with E-state index in [1.165, 1.54) is 0 Å². The van der Waals surface area contributed by atoms with Crippen LogP contribution >= 0.6 is 15.9 Å². The largest absolute Gasteiger partial charge is 0.444 e. The number of ether oxygens (including phenoxy) is 2. The van der Waals surface area contributed by atoms with Gasteiger partial charge in [0, 0.05) is 18.7 Å². The van der Waals surface area contributed by atoms with E-state index >= 15 is 0 Å². The number of nitrogens with one attached hydrogen (secondary N) is 2. The second-order valence-electron chi connectivity index (χ2n) is 14.3. The second-order valence-corrected chi connectivity index (χ2v) is 15.1. The maximum atomic E-state index is 12.8. The average Bonchev–Trinajstić information content (AvgIpc) is 3.78. The molecule has 1 saturated heterocycles. The molecule has 4 aromatic rings. The van der Waals surface area contributed by atoms with E-state index in [1.54, 1.807) is 16.0 Å². The number of rotatable bonds is 9. The Morgan fingerprint density at radius 2 is 1.52 bits per heavy atom. The van der Waals surface area contributed by atoms with Gasteiger partial charge in [0.25, 0.3) is 0 Å². The lowest BCUT2D eigenvalue weighted by Gasteiger charge is -2.27. The van der Waals surface area contributed by atoms with Crippen molar-refractivity contribution in [1.29, 1.82) is 0 Å². The summed E-state index contributed by atoms with van der Waals surface area (Å²) in [7, 11) is 0. The summed E-state index contributed by atoms with van der Waals surface area (Å²) in [4.78, 5) is 45.3. The van der Waals surface area contributed by atoms with Gasteiger partial charge >= 0.3 is 12.2 Å². The van der Waals surface area contributed by atoms with Crippen molar-refractivity contribution in [2.75, 3.05) is 13.1 Å². The van der Waals surface area contributed by atoms with Crippen molar-refractivity contribution in [3.63, 3.8) is 0 Å². The molecule has 1 aliphatic heterocycles. The minimum atomic E-state index is -0.556. The summed E-state index contributed by atoms with van der Waals surface area (Å²) in [6.07, 6.45) is 4.77. The van der Waals surface area contributed by atoms with Crippen LogP contribution in [0, 0.1) is 0 Å². The molecule has 2 aromatic heterocycles. The highest BCUT2D eigenvalue weighted by molar-refractivity contribution is 9.10. The molecule has 2 amide bonds. The fourth-order valence-electron chi connectivity index (χ4n) is 5.65. The van der Waals surface area contributed by atoms with Crippen LogP contribution in [0.4, 0.5) is 9.59 Å². The first-order valence-electron chi connectivity index (χ1n) is 16.7. The van der Waals surface area contributed by atoms with Gasteiger partial charge in [-0.15, -0.1) is 0 Å². The van der Waals surface area contributed by atoms with Crippen LogP contribution in [0.2, 0.25) is 0 Å². The van der Waals surface area contributed by atoms with E-state index in [4.69, 9.17) is 14.5 Å². The monoisotopic (exact) mass is 718 g/mol. The molecule has 1 atom stereocenters. The van der Waals surface area contributed by atoms with E-state index in [1.807, 2.05) is 41.5 Å². The molecule has 256 valence electrons. The number of aromatic nitrogens is 4. The number of hydrogen-bond donors (Lipinski definition) is 2. The fourth-order valence-corrected chi connectivity index (χ4v) is 6.17. The van der Waals surface area contributed by atoms with Crippen LogP contribution in [0.5, 0.6) is 0 Å². The molecule has 1 fully saturated rings. The Kier molecular flexibility index (Phi) is 10.7. The zero-order valence-corrected chi connectivity index (χ0v) is 30.6. The summed E-state index contributed by atoms with van der Waals surface area (Å²) < 4.78 is 12.0. The number of hydrogen-bond acceptors (Lipinski definition) is 6. The molecule has 0 radical (unpaired) electrons. The van der Waals surface area contributed by atoms with Crippen LogP contribution < -0.4 is 0 Å². The molecule has 11 heteroatoms. The van der Waals surface area contributed by atoms with Crippen LogP contribution in [-0.2, 0) is 16.0 Å². The quantitative estimate of drug-likeness (QED) is 0.178. The van der Waals surface area contributed by atoms with Crippen molar-refractivity contribution >= 4 is 28.1 Å². The topological polar surface area (TPSA) is 116 Å². The number of unbranched alkanes of at least 4 members (excludes halogenated alkanes) is 1. The van der Waals surface area contributed by atoms with E-state index in [-0.39, 0.29) is 18.2 Å². The zero-order valence-electron chi connectivity index (χ0n) is 29.0. The number of benzene rings is 2. The Morgan fingerprint density at radius 1 is 0.917 bits per heavy atom. The maximum absolute atomic E-state index is 12.8. The van der Waals surface area contributed by atoms with Gasteiger partial charge in [-0.2, -0.15) is 0 Å². The first-order valence-corrected chi connectivity index (χ1v) is 17.5. The van der Waals surface area contributed by atoms with Crippen LogP contribution in [0.1, 0.15) is 91.8 Å². The molecule has 10 nitrogen and oxygen atoms in total. The van der Waals surface area contributed by atoms with E-state index in [2.05, 4.69) is 86.3 Å². The number of halogens is 1. The van der Waals surface area contributed by atoms with Gasteiger partial charge in [0.1, 0.15) is 33.1 Å². The molecule has 2 aromatic carbocycles. The van der Waals surface area contributed by atoms with Gasteiger partial charge < -0.3 is 24.3 Å². The maximum Gasteiger partial charge on any atom is 0.410 e. The predicted molar refractivity (Wildman–Crippen MR) is 191 cm³/mol. The lowest BCUT2D eigenvalue weighted by Crippen LogP contribution is -2.37. The first kappa shape index (κ1) is 35.2. The third-order valence-electron chi connectivity index (χ3n) is 7.96. The minimum absolute atomic E-state index is 0.154. The highest BCUT2D eigenvalue weighted by Gasteiger charge is 2.35. The van der Waals surface area contributed by atoms with Crippen molar-refractivity contribution in [2.45, 2.75) is 97.9 Å². The Labute approximate surface area is 291 Å². The number of likely N-dealkylation sites (tertiary alicyclic amines) is 1. The molecule has 1 aliphatic rings. The van der Waals surface area contributed by atoms with Gasteiger partial charge in [0.2, 0.25) is 0 Å². The Balaban J connectivity index is 1.25. The van der Waals surface area contributed by atoms with Crippen molar-refractivity contribution < 1.29 is 19.1 Å². The molecule has 0 unspecified atom stereocenters. The minimum Gasteiger partial charge on any atom is -0.444 e. The number of amides is 2. The molecule has 0 aliphatic carbocycles. The summed E-state index contributed by atoms with van der Waals surface area (Å²) in [5.41, 5.74) is 4.72. The highest BCUT2D eigenvalue weighted by Crippen LogP contribution is 2.36. The van der Waals surface area contributed by atoms with Crippen LogP contribution in [0.25, 0.3) is 33.6 Å². The molecular formula is C37H47BrN6O4. The number of aromatic amines is 2. The van der Waals surface area contributed by atoms with Crippen molar-refractivity contribution in [1.82, 2.24) is 29.7 Å². The van der Waals surface area contributed by atoms with Gasteiger partial charge in [-0.25, -0.2) is 19.6 Å². The Bertz CT molecular complexity index is 1700. The fraction of sp³-hybridized carbons (Fsp3) is 0.459. The summed E-state index contributed by atoms with van der Waals surface area (Å²) in [5, 5.41) is 0. The molecule has 48 heavy (non-hydrogen) atoms. The Morgan fingerprint density at radius 3 is 2.12 bits per heavy atom. The van der Waals surface area contributed by atoms with Crippen molar-refractivity contribution in [2.24, 2.45) is 0 Å². The average molecular weight is 720 g/mol. The SMILES string of the molecule is CCCCN(Cc1ncc(-c2ccc(-c3ccc(-c4nc([C@@H]5CCCN5C(=O)OC(C)(C)C)[nH]c4Br)cc3)cc2)[nH]1)C(=O)OC(C)(C)C. The number of nitrogens with zero attached hydrogens (tertiary/aromatic N) is 4. The number of carbonyl (C=O) groups is 2. The highest BCUT2D eigenvalue weighted by atomic mass is 79.9. The van der Waals surface area contributed by atoms with E-state index in [9.17, 15) is 9.59 Å². The molecule has 0 saturated carbocycles. The molecule has 0 bridgehead atoms. The number of carbonyl (C=O) groups excluding carboxylic acids is 2. The summed E-state index contributed by atoms with van der Waals surface area (Å²) in [6.45, 7) is 15.0. The van der Waals surface area contributed by atoms with Crippen molar-refractivity contribution in [3.8, 4) is 33.6 Å². The van der Waals surface area contributed by atoms with Gasteiger partial charge in [0.05, 0.1) is 24.5 Å². The van der Waals surface area contributed by atoms with Crippen molar-refractivity contribution in [3.05, 3.63) is 71.0 Å². The molecule has 2 N–H and O–H groups in total. The van der Waals surface area contributed by atoms with Gasteiger partial charge in [0.15, 0.2) is 0 Å². The predicted octanol–water partition coefficient (Wildman–Crippen LogP) is 9.51. The van der Waals surface area contributed by atoms with Crippen LogP contribution in [-0.4, -0.2) is 66.2 Å².